The van der Waals surface area contributed by atoms with Crippen LogP contribution in [0.3, 0.4) is 0 Å². The molecule has 0 aromatic heterocycles. The van der Waals surface area contributed by atoms with Gasteiger partial charge in [-0.05, 0) is 25.6 Å². The Labute approximate surface area is 105 Å². The summed E-state index contributed by atoms with van der Waals surface area (Å²) in [6.45, 7) is 2.87. The predicted octanol–water partition coefficient (Wildman–Crippen LogP) is 3.31. The van der Waals surface area contributed by atoms with Gasteiger partial charge in [-0.1, -0.05) is 18.5 Å². The quantitative estimate of drug-likeness (QED) is 0.628. The van der Waals surface area contributed by atoms with Crippen molar-refractivity contribution in [3.63, 3.8) is 0 Å². The van der Waals surface area contributed by atoms with E-state index in [1.165, 1.54) is 0 Å². The molecule has 0 heterocycles. The summed E-state index contributed by atoms with van der Waals surface area (Å²) in [5.74, 6) is -1.16. The predicted molar refractivity (Wildman–Crippen MR) is 64.3 cm³/mol. The Morgan fingerprint density at radius 3 is 2.65 bits per heavy atom. The first-order chi connectivity index (χ1) is 8.10. The molecule has 0 spiro atoms. The lowest BCUT2D eigenvalue weighted by Gasteiger charge is -2.17. The van der Waals surface area contributed by atoms with E-state index < -0.39 is 11.6 Å². The van der Waals surface area contributed by atoms with Gasteiger partial charge in [-0.3, -0.25) is 0 Å². The number of hydrogen-bond acceptors (Lipinski definition) is 2. The van der Waals surface area contributed by atoms with Gasteiger partial charge in [0.25, 0.3) is 0 Å². The Hall–Kier alpha value is -0.710. The van der Waals surface area contributed by atoms with Crippen molar-refractivity contribution >= 4 is 11.6 Å². The molecule has 0 aliphatic rings. The average molecular weight is 264 g/mol. The van der Waals surface area contributed by atoms with Crippen molar-refractivity contribution in [1.29, 1.82) is 0 Å². The molecule has 17 heavy (non-hydrogen) atoms. The van der Waals surface area contributed by atoms with Gasteiger partial charge in [0.2, 0.25) is 0 Å². The highest BCUT2D eigenvalue weighted by atomic mass is 35.5. The topological polar surface area (TPSA) is 21.3 Å². The van der Waals surface area contributed by atoms with Gasteiger partial charge in [0, 0.05) is 12.2 Å². The first-order valence-electron chi connectivity index (χ1n) is 5.49. The van der Waals surface area contributed by atoms with E-state index in [0.717, 1.165) is 18.6 Å². The van der Waals surface area contributed by atoms with E-state index in [1.807, 2.05) is 6.92 Å². The maximum atomic E-state index is 13.6. The Morgan fingerprint density at radius 2 is 2.06 bits per heavy atom. The smallest absolute Gasteiger partial charge is 0.142 e. The Bertz CT molecular complexity index is 374. The van der Waals surface area contributed by atoms with Gasteiger partial charge in [0.05, 0.1) is 17.7 Å². The molecule has 0 fully saturated rings. The first kappa shape index (κ1) is 14.4. The summed E-state index contributed by atoms with van der Waals surface area (Å²) in [5, 5.41) is 2.68. The zero-order valence-corrected chi connectivity index (χ0v) is 10.7. The molecule has 96 valence electrons. The average Bonchev–Trinajstić information content (AvgIpc) is 2.30. The second-order valence-electron chi connectivity index (χ2n) is 3.70. The van der Waals surface area contributed by atoms with Crippen molar-refractivity contribution in [2.45, 2.75) is 19.4 Å². The van der Waals surface area contributed by atoms with Gasteiger partial charge in [0.15, 0.2) is 0 Å². The summed E-state index contributed by atoms with van der Waals surface area (Å²) in [6, 6.07) is 1.71. The molecule has 2 nitrogen and oxygen atoms in total. The van der Waals surface area contributed by atoms with E-state index >= 15 is 0 Å². The molecule has 0 aliphatic carbocycles. The minimum atomic E-state index is -0.626. The van der Waals surface area contributed by atoms with Crippen LogP contribution in [0.5, 0.6) is 0 Å². The zero-order valence-electron chi connectivity index (χ0n) is 9.90. The fourth-order valence-electron chi connectivity index (χ4n) is 1.48. The lowest BCUT2D eigenvalue weighted by molar-refractivity contribution is 0.113. The first-order valence-corrected chi connectivity index (χ1v) is 5.87. The van der Waals surface area contributed by atoms with Crippen molar-refractivity contribution in [2.24, 2.45) is 0 Å². The van der Waals surface area contributed by atoms with Crippen LogP contribution >= 0.6 is 11.6 Å². The largest absolute Gasteiger partial charge is 0.379 e. The van der Waals surface area contributed by atoms with Crippen LogP contribution in [0.4, 0.5) is 8.78 Å². The second-order valence-corrected chi connectivity index (χ2v) is 4.11. The van der Waals surface area contributed by atoms with Gasteiger partial charge < -0.3 is 10.1 Å². The van der Waals surface area contributed by atoms with Crippen molar-refractivity contribution in [3.8, 4) is 0 Å². The van der Waals surface area contributed by atoms with Crippen LogP contribution < -0.4 is 5.32 Å². The normalized spacial score (nSPS) is 12.8. The van der Waals surface area contributed by atoms with Gasteiger partial charge in [0.1, 0.15) is 11.6 Å². The summed E-state index contributed by atoms with van der Waals surface area (Å²) in [6.07, 6.45) is 0.883. The molecule has 0 amide bonds. The molecule has 0 radical (unpaired) electrons. The van der Waals surface area contributed by atoms with Gasteiger partial charge in [-0.15, -0.1) is 0 Å². The number of benzene rings is 1. The molecule has 1 unspecified atom stereocenters. The minimum Gasteiger partial charge on any atom is -0.379 e. The molecule has 0 saturated heterocycles. The van der Waals surface area contributed by atoms with E-state index in [0.29, 0.717) is 13.2 Å². The molecule has 1 rings (SSSR count). The third kappa shape index (κ3) is 3.91. The number of rotatable bonds is 6. The molecule has 1 N–H and O–H groups in total. The molecule has 5 heteroatoms. The molecular weight excluding hydrogens is 248 g/mol. The van der Waals surface area contributed by atoms with Gasteiger partial charge >= 0.3 is 0 Å². The van der Waals surface area contributed by atoms with Crippen LogP contribution in [-0.4, -0.2) is 20.3 Å². The van der Waals surface area contributed by atoms with Crippen molar-refractivity contribution in [2.75, 3.05) is 20.3 Å². The fraction of sp³-hybridized carbons (Fsp3) is 0.500. The van der Waals surface area contributed by atoms with Crippen LogP contribution in [0.15, 0.2) is 12.1 Å². The van der Waals surface area contributed by atoms with Crippen LogP contribution in [0.2, 0.25) is 5.02 Å². The van der Waals surface area contributed by atoms with E-state index in [4.69, 9.17) is 16.3 Å². The van der Waals surface area contributed by atoms with E-state index in [-0.39, 0.29) is 16.6 Å². The number of nitrogens with one attached hydrogen (secondary N) is 1. The third-order valence-corrected chi connectivity index (χ3v) is 2.69. The van der Waals surface area contributed by atoms with Crippen LogP contribution in [-0.2, 0) is 4.74 Å². The SMILES string of the molecule is CCCOCC(NC)c1cc(F)c(Cl)cc1F. The molecule has 1 atom stereocenters. The number of ether oxygens (including phenoxy) is 1. The highest BCUT2D eigenvalue weighted by Gasteiger charge is 2.17. The van der Waals surface area contributed by atoms with Crippen LogP contribution in [0.25, 0.3) is 0 Å². The van der Waals surface area contributed by atoms with Crippen molar-refractivity contribution < 1.29 is 13.5 Å². The summed E-state index contributed by atoms with van der Waals surface area (Å²) >= 11 is 5.49. The van der Waals surface area contributed by atoms with E-state index in [2.05, 4.69) is 5.32 Å². The van der Waals surface area contributed by atoms with Crippen molar-refractivity contribution in [3.05, 3.63) is 34.4 Å². The Morgan fingerprint density at radius 1 is 1.35 bits per heavy atom. The standard InChI is InChI=1S/C12H16ClF2NO/c1-3-4-17-7-12(16-2)8-5-11(15)9(13)6-10(8)14/h5-6,12,16H,3-4,7H2,1-2H3. The van der Waals surface area contributed by atoms with Crippen LogP contribution in [0, 0.1) is 11.6 Å². The molecule has 0 bridgehead atoms. The number of hydrogen-bond donors (Lipinski definition) is 1. The summed E-state index contributed by atoms with van der Waals surface area (Å²) < 4.78 is 32.2. The van der Waals surface area contributed by atoms with E-state index in [1.54, 1.807) is 7.05 Å². The summed E-state index contributed by atoms with van der Waals surface area (Å²) in [7, 11) is 1.67. The molecule has 1 aromatic rings. The second kappa shape index (κ2) is 6.89. The van der Waals surface area contributed by atoms with Crippen LogP contribution in [0.1, 0.15) is 24.9 Å². The van der Waals surface area contributed by atoms with Gasteiger partial charge in [-0.25, -0.2) is 8.78 Å². The molecule has 0 saturated carbocycles. The zero-order chi connectivity index (χ0) is 12.8. The molecule has 0 aliphatic heterocycles. The van der Waals surface area contributed by atoms with Crippen molar-refractivity contribution in [1.82, 2.24) is 5.32 Å². The highest BCUT2D eigenvalue weighted by Crippen LogP contribution is 2.24. The minimum absolute atomic E-state index is 0.212. The lowest BCUT2D eigenvalue weighted by atomic mass is 10.1. The van der Waals surface area contributed by atoms with E-state index in [9.17, 15) is 8.78 Å². The summed E-state index contributed by atoms with van der Waals surface area (Å²) in [5.41, 5.74) is 0.227. The Kier molecular flexibility index (Phi) is 5.82. The number of likely N-dealkylation sites (N-methyl/N-ethyl adjacent to an activating group) is 1. The van der Waals surface area contributed by atoms with Gasteiger partial charge in [-0.2, -0.15) is 0 Å². The molecule has 1 aromatic carbocycles. The maximum Gasteiger partial charge on any atom is 0.142 e. The maximum absolute atomic E-state index is 13.6. The third-order valence-electron chi connectivity index (χ3n) is 2.40. The lowest BCUT2D eigenvalue weighted by Crippen LogP contribution is -2.23. The summed E-state index contributed by atoms with van der Waals surface area (Å²) in [4.78, 5) is 0. The Balaban J connectivity index is 2.84. The monoisotopic (exact) mass is 263 g/mol. The fourth-order valence-corrected chi connectivity index (χ4v) is 1.63. The number of halogens is 3. The molecular formula is C12H16ClF2NO. The highest BCUT2D eigenvalue weighted by molar-refractivity contribution is 6.30.